The Balaban J connectivity index is 2.19. The highest BCUT2D eigenvalue weighted by molar-refractivity contribution is 6.33. The fourth-order valence-corrected chi connectivity index (χ4v) is 2.78. The number of halogens is 1. The van der Waals surface area contributed by atoms with E-state index in [2.05, 4.69) is 10.2 Å². The molecule has 0 saturated carbocycles. The first-order chi connectivity index (χ1) is 8.99. The molecule has 104 valence electrons. The standard InChI is InChI=1S/C13H18ClN3O2/c1-9-6-13(17(18)19)11(14)7-12(9)16(2)8-10-4-3-5-15-10/h6-7,10,15H,3-5,8H2,1-2H3. The number of aryl methyl sites for hydroxylation is 1. The minimum Gasteiger partial charge on any atom is -0.373 e. The van der Waals surface area contributed by atoms with Crippen molar-refractivity contribution >= 4 is 23.0 Å². The predicted molar refractivity (Wildman–Crippen MR) is 77.1 cm³/mol. The highest BCUT2D eigenvalue weighted by Gasteiger charge is 2.20. The molecular weight excluding hydrogens is 266 g/mol. The van der Waals surface area contributed by atoms with Crippen LogP contribution < -0.4 is 10.2 Å². The maximum atomic E-state index is 10.8. The first kappa shape index (κ1) is 14.1. The summed E-state index contributed by atoms with van der Waals surface area (Å²) in [6, 6.07) is 3.71. The van der Waals surface area contributed by atoms with Crippen molar-refractivity contribution < 1.29 is 4.92 Å². The van der Waals surface area contributed by atoms with Crippen molar-refractivity contribution in [1.82, 2.24) is 5.32 Å². The summed E-state index contributed by atoms with van der Waals surface area (Å²) in [5, 5.41) is 14.5. The van der Waals surface area contributed by atoms with E-state index in [1.807, 2.05) is 14.0 Å². The van der Waals surface area contributed by atoms with Gasteiger partial charge in [0.05, 0.1) is 4.92 Å². The molecule has 0 radical (unpaired) electrons. The predicted octanol–water partition coefficient (Wildman–Crippen LogP) is 2.74. The van der Waals surface area contributed by atoms with Gasteiger partial charge in [-0.3, -0.25) is 10.1 Å². The van der Waals surface area contributed by atoms with Crippen LogP contribution in [0.15, 0.2) is 12.1 Å². The summed E-state index contributed by atoms with van der Waals surface area (Å²) in [4.78, 5) is 12.5. The second-order valence-corrected chi connectivity index (χ2v) is 5.43. The Hall–Kier alpha value is -1.33. The Morgan fingerprint density at radius 2 is 2.32 bits per heavy atom. The zero-order chi connectivity index (χ0) is 14.0. The quantitative estimate of drug-likeness (QED) is 0.682. The summed E-state index contributed by atoms with van der Waals surface area (Å²) in [7, 11) is 1.99. The summed E-state index contributed by atoms with van der Waals surface area (Å²) in [5.74, 6) is 0. The number of hydrogen-bond donors (Lipinski definition) is 1. The largest absolute Gasteiger partial charge is 0.373 e. The van der Waals surface area contributed by atoms with Gasteiger partial charge in [0, 0.05) is 31.4 Å². The van der Waals surface area contributed by atoms with Gasteiger partial charge in [-0.1, -0.05) is 11.6 Å². The zero-order valence-corrected chi connectivity index (χ0v) is 11.9. The van der Waals surface area contributed by atoms with Gasteiger partial charge in [-0.15, -0.1) is 0 Å². The molecule has 1 N–H and O–H groups in total. The van der Waals surface area contributed by atoms with Gasteiger partial charge in [0.15, 0.2) is 0 Å². The van der Waals surface area contributed by atoms with Gasteiger partial charge in [0.1, 0.15) is 5.02 Å². The van der Waals surface area contributed by atoms with Gasteiger partial charge in [-0.2, -0.15) is 0 Å². The highest BCUT2D eigenvalue weighted by atomic mass is 35.5. The third-order valence-electron chi connectivity index (χ3n) is 3.53. The van der Waals surface area contributed by atoms with Crippen LogP contribution >= 0.6 is 11.6 Å². The zero-order valence-electron chi connectivity index (χ0n) is 11.1. The molecule has 19 heavy (non-hydrogen) atoms. The van der Waals surface area contributed by atoms with E-state index in [1.54, 1.807) is 6.07 Å². The van der Waals surface area contributed by atoms with E-state index in [1.165, 1.54) is 18.9 Å². The second-order valence-electron chi connectivity index (χ2n) is 5.02. The Labute approximate surface area is 117 Å². The fourth-order valence-electron chi connectivity index (χ4n) is 2.55. The van der Waals surface area contributed by atoms with Crippen LogP contribution in [0.1, 0.15) is 18.4 Å². The SMILES string of the molecule is Cc1cc([N+](=O)[O-])c(Cl)cc1N(C)CC1CCCN1. The third-order valence-corrected chi connectivity index (χ3v) is 3.83. The number of nitrogens with one attached hydrogen (secondary N) is 1. The molecule has 1 atom stereocenters. The minimum absolute atomic E-state index is 0.0321. The lowest BCUT2D eigenvalue weighted by Gasteiger charge is -2.25. The van der Waals surface area contributed by atoms with Crippen LogP contribution in [0.4, 0.5) is 11.4 Å². The monoisotopic (exact) mass is 283 g/mol. The van der Waals surface area contributed by atoms with Gasteiger partial charge in [-0.05, 0) is 37.9 Å². The van der Waals surface area contributed by atoms with E-state index >= 15 is 0 Å². The molecule has 1 aliphatic rings. The number of anilines is 1. The van der Waals surface area contributed by atoms with E-state index in [0.717, 1.165) is 24.3 Å². The number of nitrogens with zero attached hydrogens (tertiary/aromatic N) is 2. The first-order valence-corrected chi connectivity index (χ1v) is 6.76. The lowest BCUT2D eigenvalue weighted by Crippen LogP contribution is -2.35. The summed E-state index contributed by atoms with van der Waals surface area (Å²) >= 11 is 5.97. The number of benzene rings is 1. The summed E-state index contributed by atoms with van der Waals surface area (Å²) < 4.78 is 0. The molecule has 1 heterocycles. The highest BCUT2D eigenvalue weighted by Crippen LogP contribution is 2.32. The third kappa shape index (κ3) is 3.16. The average molecular weight is 284 g/mol. The van der Waals surface area contributed by atoms with E-state index in [4.69, 9.17) is 11.6 Å². The van der Waals surface area contributed by atoms with E-state index in [-0.39, 0.29) is 10.7 Å². The molecule has 1 fully saturated rings. The summed E-state index contributed by atoms with van der Waals surface area (Å²) in [6.45, 7) is 3.82. The molecule has 0 amide bonds. The fraction of sp³-hybridized carbons (Fsp3) is 0.538. The van der Waals surface area contributed by atoms with Crippen molar-refractivity contribution in [2.45, 2.75) is 25.8 Å². The van der Waals surface area contributed by atoms with Crippen molar-refractivity contribution in [1.29, 1.82) is 0 Å². The molecule has 5 nitrogen and oxygen atoms in total. The van der Waals surface area contributed by atoms with E-state index < -0.39 is 4.92 Å². The van der Waals surface area contributed by atoms with E-state index in [0.29, 0.717) is 6.04 Å². The number of nitro groups is 1. The second kappa shape index (κ2) is 5.75. The molecule has 1 aromatic carbocycles. The Bertz CT molecular complexity index is 487. The maximum Gasteiger partial charge on any atom is 0.288 e. The molecule has 0 aliphatic carbocycles. The molecule has 0 aromatic heterocycles. The van der Waals surface area contributed by atoms with Gasteiger partial charge in [0.2, 0.25) is 0 Å². The van der Waals surface area contributed by atoms with Crippen LogP contribution in [-0.2, 0) is 0 Å². The Morgan fingerprint density at radius 1 is 1.58 bits per heavy atom. The number of rotatable bonds is 4. The molecule has 6 heteroatoms. The average Bonchev–Trinajstić information content (AvgIpc) is 2.83. The molecule has 1 unspecified atom stereocenters. The van der Waals surface area contributed by atoms with Gasteiger partial charge < -0.3 is 10.2 Å². The van der Waals surface area contributed by atoms with Crippen molar-refractivity contribution in [2.75, 3.05) is 25.0 Å². The van der Waals surface area contributed by atoms with Gasteiger partial charge in [-0.25, -0.2) is 0 Å². The molecule has 2 rings (SSSR count). The molecular formula is C13H18ClN3O2. The van der Waals surface area contributed by atoms with Crippen molar-refractivity contribution in [3.8, 4) is 0 Å². The van der Waals surface area contributed by atoms with Crippen molar-refractivity contribution in [3.63, 3.8) is 0 Å². The van der Waals surface area contributed by atoms with Crippen molar-refractivity contribution in [3.05, 3.63) is 32.8 Å². The summed E-state index contributed by atoms with van der Waals surface area (Å²) in [5.41, 5.74) is 1.79. The van der Waals surface area contributed by atoms with Gasteiger partial charge in [0.25, 0.3) is 5.69 Å². The molecule has 0 bridgehead atoms. The van der Waals surface area contributed by atoms with Crippen molar-refractivity contribution in [2.24, 2.45) is 0 Å². The molecule has 1 aromatic rings. The normalized spacial score (nSPS) is 18.6. The van der Waals surface area contributed by atoms with Crippen LogP contribution in [0, 0.1) is 17.0 Å². The maximum absolute atomic E-state index is 10.8. The van der Waals surface area contributed by atoms with Crippen LogP contribution in [0.5, 0.6) is 0 Å². The lowest BCUT2D eigenvalue weighted by molar-refractivity contribution is -0.384. The van der Waals surface area contributed by atoms with Crippen LogP contribution in [0.2, 0.25) is 5.02 Å². The van der Waals surface area contributed by atoms with E-state index in [9.17, 15) is 10.1 Å². The number of nitro benzene ring substituents is 1. The smallest absolute Gasteiger partial charge is 0.288 e. The van der Waals surface area contributed by atoms with Crippen LogP contribution in [0.25, 0.3) is 0 Å². The molecule has 1 aliphatic heterocycles. The lowest BCUT2D eigenvalue weighted by atomic mass is 10.1. The molecule has 1 saturated heterocycles. The number of hydrogen-bond acceptors (Lipinski definition) is 4. The van der Waals surface area contributed by atoms with Crippen LogP contribution in [0.3, 0.4) is 0 Å². The Kier molecular flexibility index (Phi) is 4.27. The minimum atomic E-state index is -0.447. The first-order valence-electron chi connectivity index (χ1n) is 6.38. The molecule has 0 spiro atoms. The van der Waals surface area contributed by atoms with Crippen LogP contribution in [-0.4, -0.2) is 31.1 Å². The topological polar surface area (TPSA) is 58.4 Å². The summed E-state index contributed by atoms with van der Waals surface area (Å²) in [6.07, 6.45) is 2.38. The number of likely N-dealkylation sites (N-methyl/N-ethyl adjacent to an activating group) is 1. The van der Waals surface area contributed by atoms with Gasteiger partial charge >= 0.3 is 0 Å². The Morgan fingerprint density at radius 3 is 2.89 bits per heavy atom.